The minimum absolute atomic E-state index is 0.985. The van der Waals surface area contributed by atoms with Crippen LogP contribution in [0.2, 0.25) is 0 Å². The van der Waals surface area contributed by atoms with E-state index in [4.69, 9.17) is 0 Å². The summed E-state index contributed by atoms with van der Waals surface area (Å²) in [5.41, 5.74) is 0. The highest BCUT2D eigenvalue weighted by Gasteiger charge is 2.00. The topological polar surface area (TPSA) is 29.3 Å². The minimum atomic E-state index is 0.985. The summed E-state index contributed by atoms with van der Waals surface area (Å²) in [6.07, 6.45) is 3.64. The van der Waals surface area contributed by atoms with Crippen LogP contribution in [0.5, 0.6) is 0 Å². The molecule has 3 nitrogen and oxygen atoms in total. The summed E-state index contributed by atoms with van der Waals surface area (Å²) < 4.78 is 4.87. The van der Waals surface area contributed by atoms with Gasteiger partial charge in [0.05, 0.1) is 12.1 Å². The van der Waals surface area contributed by atoms with Crippen LogP contribution in [0.25, 0.3) is 0 Å². The zero-order valence-electron chi connectivity index (χ0n) is 4.61. The smallest absolute Gasteiger partial charge is 0.145 e. The molecule has 0 amide bonds. The molecule has 0 spiro atoms. The van der Waals surface area contributed by atoms with E-state index in [1.165, 1.54) is 12.1 Å². The number of aliphatic imine (C=N–C) groups is 1. The molecule has 46 valence electrons. The molecule has 1 aromatic heterocycles. The van der Waals surface area contributed by atoms with Gasteiger partial charge in [0, 0.05) is 6.20 Å². The Balaban J connectivity index is 2.53. The van der Waals surface area contributed by atoms with Gasteiger partial charge in [0.15, 0.2) is 0 Å². The Kier molecular flexibility index (Phi) is 0.989. The first-order chi connectivity index (χ1) is 4.47. The summed E-state index contributed by atoms with van der Waals surface area (Å²) in [6.45, 7) is 0. The van der Waals surface area contributed by atoms with E-state index in [0.717, 1.165) is 5.82 Å². The molecule has 0 saturated heterocycles. The summed E-state index contributed by atoms with van der Waals surface area (Å²) in [6, 6.07) is 3.93. The maximum Gasteiger partial charge on any atom is 0.145 e. The van der Waals surface area contributed by atoms with Crippen molar-refractivity contribution in [2.24, 2.45) is 4.99 Å². The van der Waals surface area contributed by atoms with Crippen molar-refractivity contribution in [1.29, 1.82) is 0 Å². The maximum atomic E-state index is 4.06. The molecule has 0 unspecified atom stereocenters. The Morgan fingerprint density at radius 1 is 1.67 bits per heavy atom. The number of rotatable bonds is 0. The molecule has 0 atom stereocenters. The van der Waals surface area contributed by atoms with E-state index in [2.05, 4.69) is 9.71 Å². The lowest BCUT2D eigenvalue weighted by Crippen LogP contribution is -2.06. The van der Waals surface area contributed by atoms with Crippen molar-refractivity contribution in [2.45, 2.75) is 0 Å². The molecule has 2 heterocycles. The van der Waals surface area contributed by atoms with Crippen molar-refractivity contribution in [1.82, 2.24) is 8.69 Å². The standard InChI is InChI=1S/C5H5N3S/c1-2-5-6-4-7-9-8(5)3-1/h1-4H,(H,6,7). The SMILES string of the molecule is C1=Nc2cccn2SN1. The van der Waals surface area contributed by atoms with E-state index < -0.39 is 0 Å². The number of hydrogen-bond acceptors (Lipinski definition) is 3. The Morgan fingerprint density at radius 2 is 2.67 bits per heavy atom. The van der Waals surface area contributed by atoms with Gasteiger partial charge in [0.1, 0.15) is 12.2 Å². The van der Waals surface area contributed by atoms with Gasteiger partial charge < -0.3 is 4.72 Å². The fraction of sp³-hybridized carbons (Fsp3) is 0. The average molecular weight is 139 g/mol. The van der Waals surface area contributed by atoms with E-state index >= 15 is 0 Å². The van der Waals surface area contributed by atoms with Crippen molar-refractivity contribution in [2.75, 3.05) is 0 Å². The van der Waals surface area contributed by atoms with Gasteiger partial charge in [-0.3, -0.25) is 3.97 Å². The predicted octanol–water partition coefficient (Wildman–Crippen LogP) is 1.16. The van der Waals surface area contributed by atoms with E-state index in [9.17, 15) is 0 Å². The molecular formula is C5H5N3S. The quantitative estimate of drug-likeness (QED) is 0.546. The predicted molar refractivity (Wildman–Crippen MR) is 38.7 cm³/mol. The number of nitrogens with zero attached hydrogens (tertiary/aromatic N) is 2. The summed E-state index contributed by atoms with van der Waals surface area (Å²) >= 11 is 1.51. The second-order valence-corrected chi connectivity index (χ2v) is 2.47. The zero-order valence-corrected chi connectivity index (χ0v) is 5.43. The highest BCUT2D eigenvalue weighted by atomic mass is 32.2. The van der Waals surface area contributed by atoms with Gasteiger partial charge in [0.25, 0.3) is 0 Å². The van der Waals surface area contributed by atoms with E-state index in [0.29, 0.717) is 0 Å². The molecule has 1 aromatic rings. The third-order valence-corrected chi connectivity index (χ3v) is 1.81. The third-order valence-electron chi connectivity index (χ3n) is 1.09. The summed E-state index contributed by atoms with van der Waals surface area (Å²) in [5.74, 6) is 0.985. The second kappa shape index (κ2) is 1.80. The second-order valence-electron chi connectivity index (χ2n) is 1.66. The van der Waals surface area contributed by atoms with Gasteiger partial charge in [0.2, 0.25) is 0 Å². The molecule has 0 fully saturated rings. The van der Waals surface area contributed by atoms with Gasteiger partial charge >= 0.3 is 0 Å². The van der Waals surface area contributed by atoms with Crippen molar-refractivity contribution in [3.8, 4) is 0 Å². The lowest BCUT2D eigenvalue weighted by molar-refractivity contribution is 1.20. The van der Waals surface area contributed by atoms with Crippen LogP contribution >= 0.6 is 12.1 Å². The maximum absolute atomic E-state index is 4.06. The van der Waals surface area contributed by atoms with Crippen LogP contribution in [0.4, 0.5) is 5.82 Å². The molecule has 0 aromatic carbocycles. The van der Waals surface area contributed by atoms with Crippen LogP contribution in [-0.2, 0) is 0 Å². The van der Waals surface area contributed by atoms with Gasteiger partial charge in [-0.25, -0.2) is 4.99 Å². The molecular weight excluding hydrogens is 134 g/mol. The van der Waals surface area contributed by atoms with Crippen LogP contribution in [0.1, 0.15) is 0 Å². The Labute approximate surface area is 57.0 Å². The Morgan fingerprint density at radius 3 is 3.56 bits per heavy atom. The van der Waals surface area contributed by atoms with Crippen molar-refractivity contribution >= 4 is 24.3 Å². The zero-order chi connectivity index (χ0) is 6.10. The van der Waals surface area contributed by atoms with Gasteiger partial charge in [-0.05, 0) is 12.1 Å². The van der Waals surface area contributed by atoms with Gasteiger partial charge in [-0.15, -0.1) is 0 Å². The van der Waals surface area contributed by atoms with Gasteiger partial charge in [-0.2, -0.15) is 0 Å². The molecule has 1 N–H and O–H groups in total. The molecule has 0 radical (unpaired) electrons. The molecule has 1 aliphatic heterocycles. The van der Waals surface area contributed by atoms with Crippen LogP contribution in [0.3, 0.4) is 0 Å². The van der Waals surface area contributed by atoms with E-state index in [1.807, 2.05) is 22.3 Å². The first-order valence-corrected chi connectivity index (χ1v) is 3.37. The fourth-order valence-corrected chi connectivity index (χ4v) is 1.25. The van der Waals surface area contributed by atoms with Crippen LogP contribution in [0.15, 0.2) is 23.3 Å². The lowest BCUT2D eigenvalue weighted by Gasteiger charge is -2.06. The van der Waals surface area contributed by atoms with Crippen molar-refractivity contribution in [3.05, 3.63) is 18.3 Å². The summed E-state index contributed by atoms with van der Waals surface area (Å²) in [7, 11) is 0. The van der Waals surface area contributed by atoms with E-state index in [1.54, 1.807) is 6.34 Å². The minimum Gasteiger partial charge on any atom is -0.302 e. The first kappa shape index (κ1) is 4.93. The highest BCUT2D eigenvalue weighted by molar-refractivity contribution is 7.96. The van der Waals surface area contributed by atoms with Crippen LogP contribution in [-0.4, -0.2) is 10.3 Å². The molecule has 0 bridgehead atoms. The monoisotopic (exact) mass is 139 g/mol. The Hall–Kier alpha value is -0.900. The molecule has 4 heteroatoms. The van der Waals surface area contributed by atoms with Crippen molar-refractivity contribution < 1.29 is 0 Å². The molecule has 0 aliphatic carbocycles. The normalized spacial score (nSPS) is 14.7. The summed E-state index contributed by atoms with van der Waals surface area (Å²) in [4.78, 5) is 4.06. The van der Waals surface area contributed by atoms with Crippen LogP contribution < -0.4 is 4.72 Å². The highest BCUT2D eigenvalue weighted by Crippen LogP contribution is 2.19. The Bertz CT molecular complexity index is 240. The van der Waals surface area contributed by atoms with Crippen LogP contribution in [0, 0.1) is 0 Å². The first-order valence-electron chi connectivity index (χ1n) is 2.59. The average Bonchev–Trinajstić information content (AvgIpc) is 2.33. The number of hydrogen-bond donors (Lipinski definition) is 1. The number of fused-ring (bicyclic) bond motifs is 1. The molecule has 2 rings (SSSR count). The molecule has 1 aliphatic rings. The lowest BCUT2D eigenvalue weighted by atomic mass is 10.6. The third kappa shape index (κ3) is 0.712. The summed E-state index contributed by atoms with van der Waals surface area (Å²) in [5, 5.41) is 0. The van der Waals surface area contributed by atoms with Gasteiger partial charge in [-0.1, -0.05) is 0 Å². The number of nitrogens with one attached hydrogen (secondary N) is 1. The molecule has 0 saturated carbocycles. The fourth-order valence-electron chi connectivity index (χ4n) is 0.707. The van der Waals surface area contributed by atoms with E-state index in [-0.39, 0.29) is 0 Å². The molecule has 9 heavy (non-hydrogen) atoms. The largest absolute Gasteiger partial charge is 0.302 e. The number of aromatic nitrogens is 1. The van der Waals surface area contributed by atoms with Crippen molar-refractivity contribution in [3.63, 3.8) is 0 Å².